The van der Waals surface area contributed by atoms with Gasteiger partial charge in [0.2, 0.25) is 0 Å². The third-order valence-electron chi connectivity index (χ3n) is 3.27. The Morgan fingerprint density at radius 2 is 1.75 bits per heavy atom. The lowest BCUT2D eigenvalue weighted by Gasteiger charge is -2.15. The summed E-state index contributed by atoms with van der Waals surface area (Å²) in [6.07, 6.45) is 7.99. The Bertz CT molecular complexity index is 314. The summed E-state index contributed by atoms with van der Waals surface area (Å²) in [7, 11) is 0. The highest BCUT2D eigenvalue weighted by Gasteiger charge is 2.13. The zero-order valence-electron chi connectivity index (χ0n) is 9.69. The zero-order valence-corrected chi connectivity index (χ0v) is 9.69. The van der Waals surface area contributed by atoms with Crippen LogP contribution in [0.25, 0.3) is 0 Å². The Morgan fingerprint density at radius 3 is 2.44 bits per heavy atom. The molecule has 2 heteroatoms. The van der Waals surface area contributed by atoms with Crippen LogP contribution in [0.5, 0.6) is 5.75 Å². The molecule has 0 radical (unpaired) electrons. The van der Waals surface area contributed by atoms with Crippen LogP contribution in [0.2, 0.25) is 0 Å². The van der Waals surface area contributed by atoms with Gasteiger partial charge >= 0.3 is 0 Å². The van der Waals surface area contributed by atoms with Crippen molar-refractivity contribution in [2.45, 2.75) is 51.2 Å². The third kappa shape index (κ3) is 3.24. The lowest BCUT2D eigenvalue weighted by molar-refractivity contribution is 0.0301. The highest BCUT2D eigenvalue weighted by molar-refractivity contribution is 5.30. The summed E-state index contributed by atoms with van der Waals surface area (Å²) in [5.41, 5.74) is 0.895. The maximum absolute atomic E-state index is 9.62. The van der Waals surface area contributed by atoms with E-state index in [1.165, 1.54) is 38.5 Å². The van der Waals surface area contributed by atoms with Crippen LogP contribution >= 0.6 is 0 Å². The number of benzene rings is 1. The van der Waals surface area contributed by atoms with Crippen molar-refractivity contribution < 1.29 is 9.84 Å². The summed E-state index contributed by atoms with van der Waals surface area (Å²) in [4.78, 5) is 0. The van der Waals surface area contributed by atoms with Crippen molar-refractivity contribution in [2.75, 3.05) is 0 Å². The maximum atomic E-state index is 9.62. The van der Waals surface area contributed by atoms with Crippen LogP contribution in [0, 0.1) is 0 Å². The lowest BCUT2D eigenvalue weighted by Crippen LogP contribution is -2.11. The molecule has 2 rings (SSSR count). The molecule has 2 nitrogen and oxygen atoms in total. The van der Waals surface area contributed by atoms with Gasteiger partial charge in [-0.3, -0.25) is 0 Å². The standard InChI is InChI=1S/C14H20O2/c15-14-10-6-5-7-12(14)11-16-13-8-3-1-2-4-9-13/h5-7,10,13,15H,1-4,8-9,11H2. The molecule has 1 N–H and O–H groups in total. The van der Waals surface area contributed by atoms with E-state index in [1.807, 2.05) is 18.2 Å². The van der Waals surface area contributed by atoms with E-state index >= 15 is 0 Å². The first-order valence-electron chi connectivity index (χ1n) is 6.25. The molecule has 1 fully saturated rings. The second-order valence-corrected chi connectivity index (χ2v) is 4.55. The van der Waals surface area contributed by atoms with E-state index in [0.717, 1.165) is 5.56 Å². The number of phenolic OH excluding ortho intramolecular Hbond substituents is 1. The first-order chi connectivity index (χ1) is 7.86. The number of para-hydroxylation sites is 1. The highest BCUT2D eigenvalue weighted by atomic mass is 16.5. The van der Waals surface area contributed by atoms with E-state index in [2.05, 4.69) is 0 Å². The molecular weight excluding hydrogens is 200 g/mol. The molecule has 16 heavy (non-hydrogen) atoms. The Kier molecular flexibility index (Phi) is 4.23. The molecule has 0 bridgehead atoms. The maximum Gasteiger partial charge on any atom is 0.121 e. The molecule has 0 atom stereocenters. The third-order valence-corrected chi connectivity index (χ3v) is 3.27. The monoisotopic (exact) mass is 220 g/mol. The second-order valence-electron chi connectivity index (χ2n) is 4.55. The highest BCUT2D eigenvalue weighted by Crippen LogP contribution is 2.23. The topological polar surface area (TPSA) is 29.5 Å². The van der Waals surface area contributed by atoms with Crippen LogP contribution in [0.3, 0.4) is 0 Å². The minimum Gasteiger partial charge on any atom is -0.508 e. The predicted molar refractivity (Wildman–Crippen MR) is 64.4 cm³/mol. The second kappa shape index (κ2) is 5.90. The smallest absolute Gasteiger partial charge is 0.121 e. The Morgan fingerprint density at radius 1 is 1.06 bits per heavy atom. The molecule has 88 valence electrons. The number of rotatable bonds is 3. The number of ether oxygens (including phenoxy) is 1. The van der Waals surface area contributed by atoms with E-state index in [0.29, 0.717) is 18.5 Å². The molecule has 0 aliphatic heterocycles. The van der Waals surface area contributed by atoms with Gasteiger partial charge < -0.3 is 9.84 Å². The Balaban J connectivity index is 1.84. The van der Waals surface area contributed by atoms with Gasteiger partial charge in [-0.2, -0.15) is 0 Å². The summed E-state index contributed by atoms with van der Waals surface area (Å²) in [6, 6.07) is 7.41. The van der Waals surface area contributed by atoms with Crippen molar-refractivity contribution in [3.8, 4) is 5.75 Å². The molecule has 0 heterocycles. The molecule has 1 aromatic rings. The number of phenols is 1. The van der Waals surface area contributed by atoms with Crippen LogP contribution in [0.15, 0.2) is 24.3 Å². The fraction of sp³-hybridized carbons (Fsp3) is 0.571. The minimum absolute atomic E-state index is 0.344. The average molecular weight is 220 g/mol. The average Bonchev–Trinajstić information content (AvgIpc) is 2.56. The fourth-order valence-electron chi connectivity index (χ4n) is 2.25. The van der Waals surface area contributed by atoms with Crippen LogP contribution in [0.4, 0.5) is 0 Å². The molecule has 1 aromatic carbocycles. The van der Waals surface area contributed by atoms with Gasteiger partial charge in [0.1, 0.15) is 5.75 Å². The molecule has 1 saturated carbocycles. The van der Waals surface area contributed by atoms with E-state index in [4.69, 9.17) is 4.74 Å². The van der Waals surface area contributed by atoms with Crippen molar-refractivity contribution in [3.05, 3.63) is 29.8 Å². The summed E-state index contributed by atoms with van der Waals surface area (Å²) >= 11 is 0. The van der Waals surface area contributed by atoms with Gasteiger partial charge in [-0.15, -0.1) is 0 Å². The van der Waals surface area contributed by atoms with Crippen molar-refractivity contribution in [1.29, 1.82) is 0 Å². The quantitative estimate of drug-likeness (QED) is 0.788. The van der Waals surface area contributed by atoms with Gasteiger partial charge in [0.05, 0.1) is 12.7 Å². The van der Waals surface area contributed by atoms with Gasteiger partial charge in [0.15, 0.2) is 0 Å². The lowest BCUT2D eigenvalue weighted by atomic mass is 10.1. The van der Waals surface area contributed by atoms with Gasteiger partial charge in [-0.25, -0.2) is 0 Å². The first kappa shape index (κ1) is 11.5. The Labute approximate surface area is 97.3 Å². The van der Waals surface area contributed by atoms with Gasteiger partial charge in [-0.05, 0) is 18.9 Å². The fourth-order valence-corrected chi connectivity index (χ4v) is 2.25. The van der Waals surface area contributed by atoms with Crippen molar-refractivity contribution in [3.63, 3.8) is 0 Å². The molecule has 1 aliphatic carbocycles. The molecule has 0 amide bonds. The number of aromatic hydroxyl groups is 1. The zero-order chi connectivity index (χ0) is 11.2. The molecule has 0 saturated heterocycles. The van der Waals surface area contributed by atoms with Crippen LogP contribution in [-0.2, 0) is 11.3 Å². The van der Waals surface area contributed by atoms with Gasteiger partial charge in [0.25, 0.3) is 0 Å². The normalized spacial score (nSPS) is 18.2. The van der Waals surface area contributed by atoms with Crippen molar-refractivity contribution in [2.24, 2.45) is 0 Å². The van der Waals surface area contributed by atoms with Gasteiger partial charge in [0, 0.05) is 5.56 Å². The largest absolute Gasteiger partial charge is 0.508 e. The molecule has 0 unspecified atom stereocenters. The van der Waals surface area contributed by atoms with E-state index in [9.17, 15) is 5.11 Å². The summed E-state index contributed by atoms with van der Waals surface area (Å²) in [5.74, 6) is 0.344. The number of hydrogen-bond acceptors (Lipinski definition) is 2. The molecular formula is C14H20O2. The molecule has 0 aromatic heterocycles. The van der Waals surface area contributed by atoms with Crippen LogP contribution in [-0.4, -0.2) is 11.2 Å². The number of hydrogen-bond donors (Lipinski definition) is 1. The predicted octanol–water partition coefficient (Wildman–Crippen LogP) is 3.63. The van der Waals surface area contributed by atoms with Crippen molar-refractivity contribution in [1.82, 2.24) is 0 Å². The van der Waals surface area contributed by atoms with E-state index < -0.39 is 0 Å². The summed E-state index contributed by atoms with van der Waals surface area (Å²) < 4.78 is 5.87. The van der Waals surface area contributed by atoms with E-state index in [-0.39, 0.29) is 0 Å². The van der Waals surface area contributed by atoms with Crippen molar-refractivity contribution >= 4 is 0 Å². The van der Waals surface area contributed by atoms with Crippen LogP contribution in [0.1, 0.15) is 44.1 Å². The van der Waals surface area contributed by atoms with E-state index in [1.54, 1.807) is 6.07 Å². The summed E-state index contributed by atoms with van der Waals surface area (Å²) in [6.45, 7) is 0.539. The SMILES string of the molecule is Oc1ccccc1COC1CCCCCC1. The van der Waals surface area contributed by atoms with Gasteiger partial charge in [-0.1, -0.05) is 43.9 Å². The summed E-state index contributed by atoms with van der Waals surface area (Å²) in [5, 5.41) is 9.62. The minimum atomic E-state index is 0.344. The molecule has 1 aliphatic rings. The Hall–Kier alpha value is -1.02. The van der Waals surface area contributed by atoms with Crippen LogP contribution < -0.4 is 0 Å². The first-order valence-corrected chi connectivity index (χ1v) is 6.25. The molecule has 0 spiro atoms.